The third-order valence-corrected chi connectivity index (χ3v) is 3.40. The van der Waals surface area contributed by atoms with Crippen molar-refractivity contribution in [3.05, 3.63) is 59.7 Å². The van der Waals surface area contributed by atoms with Crippen LogP contribution in [-0.4, -0.2) is 44.7 Å². The number of rotatable bonds is 6. The lowest BCUT2D eigenvalue weighted by atomic mass is 10.1. The van der Waals surface area contributed by atoms with Crippen molar-refractivity contribution in [1.29, 1.82) is 0 Å². The van der Waals surface area contributed by atoms with Crippen LogP contribution >= 0.6 is 0 Å². The highest BCUT2D eigenvalue weighted by atomic mass is 16.5. The highest BCUT2D eigenvalue weighted by Gasteiger charge is 2.15. The van der Waals surface area contributed by atoms with Gasteiger partial charge in [0.05, 0.1) is 25.3 Å². The Morgan fingerprint density at radius 2 is 1.43 bits per heavy atom. The molecule has 146 valence electrons. The molecule has 9 heteroatoms. The minimum absolute atomic E-state index is 0.0441. The summed E-state index contributed by atoms with van der Waals surface area (Å²) in [6.45, 7) is -0.520. The molecule has 0 bridgehead atoms. The zero-order valence-corrected chi connectivity index (χ0v) is 15.2. The number of amides is 3. The molecule has 3 amide bonds. The van der Waals surface area contributed by atoms with Crippen LogP contribution in [0.15, 0.2) is 48.5 Å². The van der Waals surface area contributed by atoms with Gasteiger partial charge in [-0.25, -0.2) is 14.4 Å². The number of urea groups is 1. The Hall–Kier alpha value is -3.88. The highest BCUT2D eigenvalue weighted by Crippen LogP contribution is 2.19. The standard InChI is InChI=1S/C19H18N2O7/c1-26-17(23)12-8-13(18(24)27-2)10-15(9-12)28-11-16(22)21-19(25)20-14-6-4-3-5-7-14/h3-10H,11H2,1-2H3,(H2,20,21,22,25). The van der Waals surface area contributed by atoms with Crippen molar-refractivity contribution in [2.24, 2.45) is 0 Å². The Balaban J connectivity index is 2.00. The number of ether oxygens (including phenoxy) is 3. The second kappa shape index (κ2) is 9.72. The summed E-state index contributed by atoms with van der Waals surface area (Å²) in [5.41, 5.74) is 0.604. The number of benzene rings is 2. The van der Waals surface area contributed by atoms with Crippen LogP contribution in [0.3, 0.4) is 0 Å². The molecule has 2 aromatic rings. The number of imide groups is 1. The quantitative estimate of drug-likeness (QED) is 0.729. The minimum atomic E-state index is -0.725. The lowest BCUT2D eigenvalue weighted by Gasteiger charge is -2.10. The van der Waals surface area contributed by atoms with E-state index >= 15 is 0 Å². The van der Waals surface area contributed by atoms with Gasteiger partial charge in [0.25, 0.3) is 5.91 Å². The molecular weight excluding hydrogens is 368 g/mol. The number of para-hydroxylation sites is 1. The zero-order chi connectivity index (χ0) is 20.5. The molecule has 0 spiro atoms. The molecule has 0 aliphatic rings. The molecule has 0 saturated carbocycles. The van der Waals surface area contributed by atoms with Gasteiger partial charge in [-0.2, -0.15) is 0 Å². The van der Waals surface area contributed by atoms with Crippen LogP contribution in [0.25, 0.3) is 0 Å². The van der Waals surface area contributed by atoms with E-state index in [1.807, 2.05) is 0 Å². The van der Waals surface area contributed by atoms with E-state index in [2.05, 4.69) is 20.1 Å². The number of anilines is 1. The van der Waals surface area contributed by atoms with Crippen molar-refractivity contribution in [2.75, 3.05) is 26.1 Å². The van der Waals surface area contributed by atoms with E-state index in [0.29, 0.717) is 5.69 Å². The number of hydrogen-bond acceptors (Lipinski definition) is 7. The Morgan fingerprint density at radius 1 is 0.857 bits per heavy atom. The number of nitrogens with one attached hydrogen (secondary N) is 2. The average molecular weight is 386 g/mol. The highest BCUT2D eigenvalue weighted by molar-refractivity contribution is 6.01. The fourth-order valence-corrected chi connectivity index (χ4v) is 2.15. The van der Waals surface area contributed by atoms with Crippen LogP contribution in [0.1, 0.15) is 20.7 Å². The molecule has 2 aromatic carbocycles. The Morgan fingerprint density at radius 3 is 1.96 bits per heavy atom. The molecule has 2 rings (SSSR count). The molecule has 0 saturated heterocycles. The van der Waals surface area contributed by atoms with Gasteiger partial charge < -0.3 is 19.5 Å². The van der Waals surface area contributed by atoms with Crippen molar-refractivity contribution in [2.45, 2.75) is 0 Å². The minimum Gasteiger partial charge on any atom is -0.484 e. The maximum Gasteiger partial charge on any atom is 0.338 e. The van der Waals surface area contributed by atoms with Gasteiger partial charge in [0, 0.05) is 5.69 Å². The van der Waals surface area contributed by atoms with Crippen molar-refractivity contribution in [3.63, 3.8) is 0 Å². The molecule has 0 heterocycles. The predicted molar refractivity (Wildman–Crippen MR) is 98.2 cm³/mol. The molecule has 0 aromatic heterocycles. The van der Waals surface area contributed by atoms with Crippen LogP contribution in [0.4, 0.5) is 10.5 Å². The predicted octanol–water partition coefficient (Wildman–Crippen LogP) is 1.99. The third kappa shape index (κ3) is 5.84. The molecule has 2 N–H and O–H groups in total. The van der Waals surface area contributed by atoms with Crippen molar-refractivity contribution in [3.8, 4) is 5.75 Å². The number of methoxy groups -OCH3 is 2. The van der Waals surface area contributed by atoms with Crippen molar-refractivity contribution in [1.82, 2.24) is 5.32 Å². The van der Waals surface area contributed by atoms with Crippen LogP contribution < -0.4 is 15.4 Å². The summed E-state index contributed by atoms with van der Waals surface area (Å²) in [7, 11) is 2.37. The number of carbonyl (C=O) groups is 4. The Bertz CT molecular complexity index is 847. The van der Waals surface area contributed by atoms with E-state index in [4.69, 9.17) is 4.74 Å². The van der Waals surface area contributed by atoms with Crippen LogP contribution in [0.5, 0.6) is 5.75 Å². The number of esters is 2. The van der Waals surface area contributed by atoms with Crippen molar-refractivity contribution >= 4 is 29.6 Å². The van der Waals surface area contributed by atoms with Gasteiger partial charge in [0.1, 0.15) is 5.75 Å². The second-order valence-electron chi connectivity index (χ2n) is 5.39. The van der Waals surface area contributed by atoms with Crippen LogP contribution in [0, 0.1) is 0 Å². The molecule has 0 atom stereocenters. The summed E-state index contributed by atoms with van der Waals surface area (Å²) in [5.74, 6) is -2.05. The first-order valence-electron chi connectivity index (χ1n) is 8.03. The molecule has 0 unspecified atom stereocenters. The lowest BCUT2D eigenvalue weighted by molar-refractivity contribution is -0.121. The first-order valence-corrected chi connectivity index (χ1v) is 8.03. The van der Waals surface area contributed by atoms with Gasteiger partial charge in [-0.1, -0.05) is 18.2 Å². The van der Waals surface area contributed by atoms with Gasteiger partial charge >= 0.3 is 18.0 Å². The molecule has 0 radical (unpaired) electrons. The summed E-state index contributed by atoms with van der Waals surface area (Å²) in [6.07, 6.45) is 0. The van der Waals surface area contributed by atoms with E-state index in [9.17, 15) is 19.2 Å². The largest absolute Gasteiger partial charge is 0.484 e. The van der Waals surface area contributed by atoms with Crippen molar-refractivity contribution < 1.29 is 33.4 Å². The van der Waals surface area contributed by atoms with Gasteiger partial charge in [-0.3, -0.25) is 10.1 Å². The lowest BCUT2D eigenvalue weighted by Crippen LogP contribution is -2.37. The summed E-state index contributed by atoms with van der Waals surface area (Å²) < 4.78 is 14.5. The Labute approximate surface area is 160 Å². The molecule has 28 heavy (non-hydrogen) atoms. The summed E-state index contributed by atoms with van der Waals surface area (Å²) in [6, 6.07) is 11.7. The van der Waals surface area contributed by atoms with Gasteiger partial charge in [0.15, 0.2) is 6.61 Å². The second-order valence-corrected chi connectivity index (χ2v) is 5.39. The van der Waals surface area contributed by atoms with E-state index in [0.717, 1.165) is 0 Å². The molecule has 9 nitrogen and oxygen atoms in total. The summed E-state index contributed by atoms with van der Waals surface area (Å²) >= 11 is 0. The molecule has 0 aliphatic carbocycles. The molecule has 0 fully saturated rings. The SMILES string of the molecule is COC(=O)c1cc(OCC(=O)NC(=O)Nc2ccccc2)cc(C(=O)OC)c1. The van der Waals surface area contributed by atoms with Gasteiger partial charge in [-0.15, -0.1) is 0 Å². The zero-order valence-electron chi connectivity index (χ0n) is 15.2. The maximum atomic E-state index is 11.9. The van der Waals surface area contributed by atoms with Gasteiger partial charge in [0.2, 0.25) is 0 Å². The summed E-state index contributed by atoms with van der Waals surface area (Å²) in [5, 5.41) is 4.58. The number of hydrogen-bond donors (Lipinski definition) is 2. The first-order chi connectivity index (χ1) is 13.4. The van der Waals surface area contributed by atoms with Gasteiger partial charge in [-0.05, 0) is 30.3 Å². The third-order valence-electron chi connectivity index (χ3n) is 3.40. The van der Waals surface area contributed by atoms with E-state index in [-0.39, 0.29) is 16.9 Å². The monoisotopic (exact) mass is 386 g/mol. The smallest absolute Gasteiger partial charge is 0.338 e. The first kappa shape index (κ1) is 20.4. The van der Waals surface area contributed by atoms with E-state index in [1.54, 1.807) is 30.3 Å². The Kier molecular flexibility index (Phi) is 7.09. The topological polar surface area (TPSA) is 120 Å². The van der Waals surface area contributed by atoms with E-state index in [1.165, 1.54) is 32.4 Å². The van der Waals surface area contributed by atoms with Crippen LogP contribution in [0.2, 0.25) is 0 Å². The maximum absolute atomic E-state index is 11.9. The summed E-state index contributed by atoms with van der Waals surface area (Å²) in [4.78, 5) is 47.1. The number of carbonyl (C=O) groups excluding carboxylic acids is 4. The fraction of sp³-hybridized carbons (Fsp3) is 0.158. The fourth-order valence-electron chi connectivity index (χ4n) is 2.15. The van der Waals surface area contributed by atoms with Crippen LogP contribution in [-0.2, 0) is 14.3 Å². The average Bonchev–Trinajstić information content (AvgIpc) is 2.71. The molecular formula is C19H18N2O7. The molecule has 0 aliphatic heterocycles. The van der Waals surface area contributed by atoms with E-state index < -0.39 is 30.5 Å². The normalized spacial score (nSPS) is 9.79.